The Morgan fingerprint density at radius 3 is 2.32 bits per heavy atom. The summed E-state index contributed by atoms with van der Waals surface area (Å²) < 4.78 is 0. The third-order valence-electron chi connectivity index (χ3n) is 3.70. The summed E-state index contributed by atoms with van der Waals surface area (Å²) in [6.07, 6.45) is 0.362. The molecule has 0 aromatic carbocycles. The van der Waals surface area contributed by atoms with Crippen molar-refractivity contribution in [2.45, 2.75) is 26.3 Å². The number of carbonyl (C=O) groups is 2. The molecule has 2 atom stereocenters. The van der Waals surface area contributed by atoms with Gasteiger partial charge in [-0.15, -0.1) is 0 Å². The first kappa shape index (κ1) is 15.9. The molecule has 0 saturated carbocycles. The minimum absolute atomic E-state index is 0.0822. The average Bonchev–Trinajstić information content (AvgIpc) is 2.38. The Morgan fingerprint density at radius 2 is 1.79 bits per heavy atom. The lowest BCUT2D eigenvalue weighted by Crippen LogP contribution is -2.48. The van der Waals surface area contributed by atoms with E-state index in [0.717, 1.165) is 26.2 Å². The Balaban J connectivity index is 2.22. The fourth-order valence-electron chi connectivity index (χ4n) is 1.91. The molecular formula is C13H26N4O2. The van der Waals surface area contributed by atoms with Gasteiger partial charge in [0.15, 0.2) is 0 Å². The van der Waals surface area contributed by atoms with Gasteiger partial charge in [-0.3, -0.25) is 9.59 Å². The van der Waals surface area contributed by atoms with Gasteiger partial charge in [0.1, 0.15) is 0 Å². The molecule has 1 aliphatic heterocycles. The molecule has 0 spiro atoms. The van der Waals surface area contributed by atoms with Crippen LogP contribution >= 0.6 is 0 Å². The minimum atomic E-state index is -0.223. The van der Waals surface area contributed by atoms with Gasteiger partial charge in [0.25, 0.3) is 0 Å². The number of piperazine rings is 1. The zero-order chi connectivity index (χ0) is 14.4. The fraction of sp³-hybridized carbons (Fsp3) is 0.846. The molecule has 2 unspecified atom stereocenters. The standard InChI is InChI=1S/C13H26N4O2/c1-10(11(2)14)13(19)15-5-4-12(18)17-8-6-16(3)7-9-17/h10-11H,4-9,14H2,1-3H3,(H,15,19). The van der Waals surface area contributed by atoms with E-state index in [1.54, 1.807) is 13.8 Å². The van der Waals surface area contributed by atoms with E-state index in [9.17, 15) is 9.59 Å². The molecule has 1 aliphatic rings. The van der Waals surface area contributed by atoms with Crippen LogP contribution in [-0.4, -0.2) is 67.4 Å². The van der Waals surface area contributed by atoms with Crippen molar-refractivity contribution in [3.8, 4) is 0 Å². The SMILES string of the molecule is CC(N)C(C)C(=O)NCCC(=O)N1CCN(C)CC1. The first-order chi connectivity index (χ1) is 8.91. The summed E-state index contributed by atoms with van der Waals surface area (Å²) in [4.78, 5) is 27.7. The second-order valence-corrected chi connectivity index (χ2v) is 5.37. The molecular weight excluding hydrogens is 244 g/mol. The fourth-order valence-corrected chi connectivity index (χ4v) is 1.91. The highest BCUT2D eigenvalue weighted by Gasteiger charge is 2.20. The molecule has 0 bridgehead atoms. The summed E-state index contributed by atoms with van der Waals surface area (Å²) in [6.45, 7) is 7.38. The monoisotopic (exact) mass is 270 g/mol. The zero-order valence-electron chi connectivity index (χ0n) is 12.2. The van der Waals surface area contributed by atoms with Crippen LogP contribution in [0, 0.1) is 5.92 Å². The van der Waals surface area contributed by atoms with Crippen LogP contribution in [0.15, 0.2) is 0 Å². The Morgan fingerprint density at radius 1 is 1.21 bits per heavy atom. The van der Waals surface area contributed by atoms with E-state index in [0.29, 0.717) is 13.0 Å². The maximum absolute atomic E-state index is 11.9. The highest BCUT2D eigenvalue weighted by atomic mass is 16.2. The van der Waals surface area contributed by atoms with Crippen molar-refractivity contribution >= 4 is 11.8 Å². The molecule has 3 N–H and O–H groups in total. The van der Waals surface area contributed by atoms with Gasteiger partial charge in [0.2, 0.25) is 11.8 Å². The molecule has 1 heterocycles. The van der Waals surface area contributed by atoms with Gasteiger partial charge >= 0.3 is 0 Å². The molecule has 6 nitrogen and oxygen atoms in total. The normalized spacial score (nSPS) is 19.9. The molecule has 110 valence electrons. The van der Waals surface area contributed by atoms with Crippen LogP contribution in [0.4, 0.5) is 0 Å². The summed E-state index contributed by atoms with van der Waals surface area (Å²) in [5.41, 5.74) is 5.66. The number of likely N-dealkylation sites (N-methyl/N-ethyl adjacent to an activating group) is 1. The van der Waals surface area contributed by atoms with Gasteiger partial charge in [-0.25, -0.2) is 0 Å². The van der Waals surface area contributed by atoms with Gasteiger partial charge in [-0.1, -0.05) is 6.92 Å². The van der Waals surface area contributed by atoms with Gasteiger partial charge in [0.05, 0.1) is 0 Å². The van der Waals surface area contributed by atoms with E-state index >= 15 is 0 Å². The second-order valence-electron chi connectivity index (χ2n) is 5.37. The number of nitrogens with two attached hydrogens (primary N) is 1. The first-order valence-electron chi connectivity index (χ1n) is 6.91. The van der Waals surface area contributed by atoms with E-state index in [1.165, 1.54) is 0 Å². The smallest absolute Gasteiger partial charge is 0.224 e. The maximum Gasteiger partial charge on any atom is 0.224 e. The number of nitrogens with zero attached hydrogens (tertiary/aromatic N) is 2. The summed E-state index contributed by atoms with van der Waals surface area (Å²) in [5, 5.41) is 2.77. The van der Waals surface area contributed by atoms with Crippen LogP contribution in [0.2, 0.25) is 0 Å². The van der Waals surface area contributed by atoms with Crippen LogP contribution in [0.3, 0.4) is 0 Å². The molecule has 1 rings (SSSR count). The van der Waals surface area contributed by atoms with E-state index < -0.39 is 0 Å². The predicted octanol–water partition coefficient (Wildman–Crippen LogP) is -0.750. The van der Waals surface area contributed by atoms with Gasteiger partial charge in [0, 0.05) is 51.1 Å². The lowest BCUT2D eigenvalue weighted by atomic mass is 10.0. The third kappa shape index (κ3) is 5.16. The maximum atomic E-state index is 11.9. The molecule has 0 aliphatic carbocycles. The number of amides is 2. The molecule has 0 aromatic heterocycles. The minimum Gasteiger partial charge on any atom is -0.355 e. The first-order valence-corrected chi connectivity index (χ1v) is 6.91. The van der Waals surface area contributed by atoms with Gasteiger partial charge < -0.3 is 20.9 Å². The molecule has 1 fully saturated rings. The largest absolute Gasteiger partial charge is 0.355 e. The number of hydrogen-bond donors (Lipinski definition) is 2. The lowest BCUT2D eigenvalue weighted by molar-refractivity contribution is -0.132. The Bertz CT molecular complexity index is 312. The third-order valence-corrected chi connectivity index (χ3v) is 3.70. The van der Waals surface area contributed by atoms with Crippen molar-refractivity contribution in [2.24, 2.45) is 11.7 Å². The number of hydrogen-bond acceptors (Lipinski definition) is 4. The topological polar surface area (TPSA) is 78.7 Å². The molecule has 0 radical (unpaired) electrons. The molecule has 6 heteroatoms. The highest BCUT2D eigenvalue weighted by Crippen LogP contribution is 2.02. The van der Waals surface area contributed by atoms with Crippen LogP contribution in [0.1, 0.15) is 20.3 Å². The van der Waals surface area contributed by atoms with Crippen LogP contribution in [0.25, 0.3) is 0 Å². The quantitative estimate of drug-likeness (QED) is 0.689. The van der Waals surface area contributed by atoms with Crippen LogP contribution < -0.4 is 11.1 Å². The van der Waals surface area contributed by atoms with Gasteiger partial charge in [-0.05, 0) is 14.0 Å². The van der Waals surface area contributed by atoms with Crippen molar-refractivity contribution in [3.63, 3.8) is 0 Å². The van der Waals surface area contributed by atoms with Crippen molar-refractivity contribution in [3.05, 3.63) is 0 Å². The molecule has 1 saturated heterocycles. The predicted molar refractivity (Wildman–Crippen MR) is 74.5 cm³/mol. The number of rotatable bonds is 5. The summed E-state index contributed by atoms with van der Waals surface area (Å²) >= 11 is 0. The zero-order valence-corrected chi connectivity index (χ0v) is 12.2. The van der Waals surface area contributed by atoms with Crippen molar-refractivity contribution < 1.29 is 9.59 Å². The van der Waals surface area contributed by atoms with E-state index in [4.69, 9.17) is 5.73 Å². The summed E-state index contributed by atoms with van der Waals surface area (Å²) in [7, 11) is 2.05. The van der Waals surface area contributed by atoms with Crippen LogP contribution in [-0.2, 0) is 9.59 Å². The molecule has 0 aromatic rings. The highest BCUT2D eigenvalue weighted by molar-refractivity contribution is 5.80. The van der Waals surface area contributed by atoms with E-state index in [2.05, 4.69) is 17.3 Å². The van der Waals surface area contributed by atoms with Crippen molar-refractivity contribution in [1.82, 2.24) is 15.1 Å². The Labute approximate surface area is 115 Å². The molecule has 2 amide bonds. The Hall–Kier alpha value is -1.14. The number of carbonyl (C=O) groups excluding carboxylic acids is 2. The molecule has 19 heavy (non-hydrogen) atoms. The van der Waals surface area contributed by atoms with Crippen molar-refractivity contribution in [2.75, 3.05) is 39.8 Å². The van der Waals surface area contributed by atoms with Crippen molar-refractivity contribution in [1.29, 1.82) is 0 Å². The average molecular weight is 270 g/mol. The summed E-state index contributed by atoms with van der Waals surface area (Å²) in [5.74, 6) is -0.193. The second kappa shape index (κ2) is 7.45. The van der Waals surface area contributed by atoms with E-state index in [-0.39, 0.29) is 23.8 Å². The lowest BCUT2D eigenvalue weighted by Gasteiger charge is -2.32. The van der Waals surface area contributed by atoms with Crippen LogP contribution in [0.5, 0.6) is 0 Å². The van der Waals surface area contributed by atoms with E-state index in [1.807, 2.05) is 4.90 Å². The Kier molecular flexibility index (Phi) is 6.24. The number of nitrogens with one attached hydrogen (secondary N) is 1. The summed E-state index contributed by atoms with van der Waals surface area (Å²) in [6, 6.07) is -0.173. The van der Waals surface area contributed by atoms with Gasteiger partial charge in [-0.2, -0.15) is 0 Å².